The Bertz CT molecular complexity index is 888. The predicted octanol–water partition coefficient (Wildman–Crippen LogP) is 3.88. The minimum Gasteiger partial charge on any atom is -0.338 e. The first-order valence-electron chi connectivity index (χ1n) is 8.36. The fourth-order valence-electron chi connectivity index (χ4n) is 2.90. The molecule has 3 rings (SSSR count). The number of hydrogen-bond donors (Lipinski definition) is 1. The number of rotatable bonds is 6. The summed E-state index contributed by atoms with van der Waals surface area (Å²) in [5, 5.41) is 0. The van der Waals surface area contributed by atoms with Crippen LogP contribution in [0.5, 0.6) is 0 Å². The third-order valence-electron chi connectivity index (χ3n) is 4.37. The highest BCUT2D eigenvalue weighted by Crippen LogP contribution is 2.30. The second-order valence-corrected chi connectivity index (χ2v) is 7.26. The van der Waals surface area contributed by atoms with Gasteiger partial charge in [-0.05, 0) is 44.4 Å². The maximum atomic E-state index is 11.9. The fraction of sp³-hybridized carbons (Fsp3) is 0.368. The molecule has 3 heterocycles. The van der Waals surface area contributed by atoms with E-state index in [0.717, 1.165) is 48.3 Å². The summed E-state index contributed by atoms with van der Waals surface area (Å²) in [4.78, 5) is 21.8. The highest BCUT2D eigenvalue weighted by molar-refractivity contribution is 7.15. The molecule has 5 heteroatoms. The average molecular weight is 341 g/mol. The maximum absolute atomic E-state index is 11.9. The van der Waals surface area contributed by atoms with E-state index in [-0.39, 0.29) is 5.56 Å². The monoisotopic (exact) mass is 341 g/mol. The number of hydrogen-bond acceptors (Lipinski definition) is 3. The standard InChI is InChI=1S/C19H23N3OS/c1-4-14-12-16(13(2)21-19(14)23)17-9-8-15(24-17)6-5-7-18-20-10-11-22(18)3/h8-12H,4-7H2,1-3H3,(H,21,23). The van der Waals surface area contributed by atoms with Crippen molar-refractivity contribution in [2.24, 2.45) is 7.05 Å². The average Bonchev–Trinajstić information content (AvgIpc) is 3.17. The lowest BCUT2D eigenvalue weighted by Crippen LogP contribution is -2.13. The fourth-order valence-corrected chi connectivity index (χ4v) is 4.02. The lowest BCUT2D eigenvalue weighted by atomic mass is 10.1. The molecule has 0 aliphatic heterocycles. The third kappa shape index (κ3) is 3.51. The summed E-state index contributed by atoms with van der Waals surface area (Å²) in [5.41, 5.74) is 2.97. The van der Waals surface area contributed by atoms with E-state index in [9.17, 15) is 4.79 Å². The molecule has 126 valence electrons. The topological polar surface area (TPSA) is 50.7 Å². The number of nitrogens with one attached hydrogen (secondary N) is 1. The Labute approximate surface area is 146 Å². The number of aryl methyl sites for hydroxylation is 5. The molecule has 1 N–H and O–H groups in total. The second-order valence-electron chi connectivity index (χ2n) is 6.09. The van der Waals surface area contributed by atoms with Gasteiger partial charge in [0, 0.05) is 52.4 Å². The predicted molar refractivity (Wildman–Crippen MR) is 99.7 cm³/mol. The highest BCUT2D eigenvalue weighted by atomic mass is 32.1. The molecule has 4 nitrogen and oxygen atoms in total. The Morgan fingerprint density at radius 3 is 2.83 bits per heavy atom. The molecule has 3 aromatic rings. The highest BCUT2D eigenvalue weighted by Gasteiger charge is 2.10. The van der Waals surface area contributed by atoms with E-state index in [2.05, 4.69) is 26.7 Å². The quantitative estimate of drug-likeness (QED) is 0.739. The number of pyridine rings is 1. The van der Waals surface area contributed by atoms with Crippen molar-refractivity contribution < 1.29 is 0 Å². The van der Waals surface area contributed by atoms with Crippen molar-refractivity contribution in [1.82, 2.24) is 14.5 Å². The van der Waals surface area contributed by atoms with Crippen LogP contribution in [0.1, 0.15) is 35.3 Å². The SMILES string of the molecule is CCc1cc(-c2ccc(CCCc3nccn3C)s2)c(C)[nH]c1=O. The molecule has 0 saturated carbocycles. The minimum atomic E-state index is 0.0330. The van der Waals surface area contributed by atoms with E-state index in [1.807, 2.05) is 50.7 Å². The van der Waals surface area contributed by atoms with E-state index in [1.165, 1.54) is 9.75 Å². The first-order chi connectivity index (χ1) is 11.6. The van der Waals surface area contributed by atoms with E-state index < -0.39 is 0 Å². The van der Waals surface area contributed by atoms with Crippen LogP contribution in [0.2, 0.25) is 0 Å². The van der Waals surface area contributed by atoms with Crippen LogP contribution >= 0.6 is 11.3 Å². The van der Waals surface area contributed by atoms with Crippen LogP contribution in [0.25, 0.3) is 10.4 Å². The summed E-state index contributed by atoms with van der Waals surface area (Å²) in [5.74, 6) is 1.14. The number of H-pyrrole nitrogens is 1. The normalized spacial score (nSPS) is 11.1. The van der Waals surface area contributed by atoms with E-state index in [0.29, 0.717) is 0 Å². The van der Waals surface area contributed by atoms with Gasteiger partial charge in [-0.25, -0.2) is 4.98 Å². The first kappa shape index (κ1) is 16.7. The maximum Gasteiger partial charge on any atom is 0.251 e. The Balaban J connectivity index is 1.71. The molecule has 0 unspecified atom stereocenters. The summed E-state index contributed by atoms with van der Waals surface area (Å²) in [7, 11) is 2.04. The van der Waals surface area contributed by atoms with Crippen LogP contribution in [-0.2, 0) is 26.3 Å². The number of nitrogens with zero attached hydrogens (tertiary/aromatic N) is 2. The molecule has 0 aromatic carbocycles. The van der Waals surface area contributed by atoms with Gasteiger partial charge in [0.1, 0.15) is 5.82 Å². The van der Waals surface area contributed by atoms with Gasteiger partial charge >= 0.3 is 0 Å². The van der Waals surface area contributed by atoms with Gasteiger partial charge in [-0.2, -0.15) is 0 Å². The summed E-state index contributed by atoms with van der Waals surface area (Å²) >= 11 is 1.82. The Kier molecular flexibility index (Phi) is 5.00. The summed E-state index contributed by atoms with van der Waals surface area (Å²) in [6.45, 7) is 3.98. The molecular weight excluding hydrogens is 318 g/mol. The first-order valence-corrected chi connectivity index (χ1v) is 9.18. The molecule has 0 saturated heterocycles. The van der Waals surface area contributed by atoms with Crippen LogP contribution in [0.15, 0.2) is 35.4 Å². The van der Waals surface area contributed by atoms with Crippen molar-refractivity contribution >= 4 is 11.3 Å². The number of aromatic nitrogens is 3. The van der Waals surface area contributed by atoms with Crippen molar-refractivity contribution in [1.29, 1.82) is 0 Å². The van der Waals surface area contributed by atoms with Gasteiger partial charge in [0.15, 0.2) is 0 Å². The van der Waals surface area contributed by atoms with Gasteiger partial charge < -0.3 is 9.55 Å². The summed E-state index contributed by atoms with van der Waals surface area (Å²) in [6.07, 6.45) is 7.74. The van der Waals surface area contributed by atoms with Crippen molar-refractivity contribution in [3.63, 3.8) is 0 Å². The summed E-state index contributed by atoms with van der Waals surface area (Å²) < 4.78 is 2.08. The molecule has 0 atom stereocenters. The minimum absolute atomic E-state index is 0.0330. The zero-order chi connectivity index (χ0) is 17.1. The molecule has 0 fully saturated rings. The molecule has 0 radical (unpaired) electrons. The molecule has 0 bridgehead atoms. The number of aromatic amines is 1. The third-order valence-corrected chi connectivity index (χ3v) is 5.55. The van der Waals surface area contributed by atoms with Crippen molar-refractivity contribution in [2.45, 2.75) is 39.5 Å². The zero-order valence-corrected chi connectivity index (χ0v) is 15.2. The summed E-state index contributed by atoms with van der Waals surface area (Å²) in [6, 6.07) is 6.41. The Hall–Kier alpha value is -2.14. The van der Waals surface area contributed by atoms with Gasteiger partial charge in [0.05, 0.1) is 0 Å². The molecule has 0 aliphatic rings. The van der Waals surface area contributed by atoms with Crippen LogP contribution < -0.4 is 5.56 Å². The molecule has 3 aromatic heterocycles. The number of imidazole rings is 1. The number of thiophene rings is 1. The largest absolute Gasteiger partial charge is 0.338 e. The van der Waals surface area contributed by atoms with Gasteiger partial charge in [0.25, 0.3) is 5.56 Å². The lowest BCUT2D eigenvalue weighted by molar-refractivity contribution is 0.727. The van der Waals surface area contributed by atoms with Crippen molar-refractivity contribution in [3.8, 4) is 10.4 Å². The van der Waals surface area contributed by atoms with Crippen LogP contribution in [0.4, 0.5) is 0 Å². The van der Waals surface area contributed by atoms with E-state index in [1.54, 1.807) is 0 Å². The van der Waals surface area contributed by atoms with E-state index >= 15 is 0 Å². The van der Waals surface area contributed by atoms with E-state index in [4.69, 9.17) is 0 Å². The smallest absolute Gasteiger partial charge is 0.251 e. The molecular formula is C19H23N3OS. The zero-order valence-electron chi connectivity index (χ0n) is 14.4. The van der Waals surface area contributed by atoms with Gasteiger partial charge in [0.2, 0.25) is 0 Å². The Morgan fingerprint density at radius 1 is 1.29 bits per heavy atom. The van der Waals surface area contributed by atoms with Crippen LogP contribution in [0.3, 0.4) is 0 Å². The Morgan fingerprint density at radius 2 is 2.12 bits per heavy atom. The lowest BCUT2D eigenvalue weighted by Gasteiger charge is -2.05. The van der Waals surface area contributed by atoms with Crippen molar-refractivity contribution in [2.75, 3.05) is 0 Å². The second kappa shape index (κ2) is 7.18. The molecule has 0 aliphatic carbocycles. The van der Waals surface area contributed by atoms with Gasteiger partial charge in [-0.3, -0.25) is 4.79 Å². The molecule has 0 spiro atoms. The van der Waals surface area contributed by atoms with Crippen LogP contribution in [-0.4, -0.2) is 14.5 Å². The molecule has 24 heavy (non-hydrogen) atoms. The van der Waals surface area contributed by atoms with Crippen LogP contribution in [0, 0.1) is 6.92 Å². The van der Waals surface area contributed by atoms with Gasteiger partial charge in [-0.15, -0.1) is 11.3 Å². The van der Waals surface area contributed by atoms with Gasteiger partial charge in [-0.1, -0.05) is 6.92 Å². The molecule has 0 amide bonds. The van der Waals surface area contributed by atoms with Crippen molar-refractivity contribution in [3.05, 3.63) is 62.9 Å².